The molecule has 2 amide bonds. The van der Waals surface area contributed by atoms with Crippen LogP contribution in [0.1, 0.15) is 18.1 Å². The molecule has 0 aromatic heterocycles. The highest BCUT2D eigenvalue weighted by atomic mass is 35.5. The van der Waals surface area contributed by atoms with Crippen LogP contribution in [-0.4, -0.2) is 50.5 Å². The number of anilines is 1. The monoisotopic (exact) mass is 595 g/mol. The topological polar surface area (TPSA) is 86.8 Å². The van der Waals surface area contributed by atoms with Gasteiger partial charge in [0.1, 0.15) is 12.6 Å². The van der Waals surface area contributed by atoms with E-state index in [0.29, 0.717) is 17.1 Å². The van der Waals surface area contributed by atoms with E-state index < -0.39 is 28.5 Å². The van der Waals surface area contributed by atoms with Crippen molar-refractivity contribution < 1.29 is 18.0 Å². The van der Waals surface area contributed by atoms with Crippen LogP contribution >= 0.6 is 34.8 Å². The molecule has 0 unspecified atom stereocenters. The number of rotatable bonds is 11. The van der Waals surface area contributed by atoms with E-state index in [1.54, 1.807) is 31.2 Å². The highest BCUT2D eigenvalue weighted by molar-refractivity contribution is 7.92. The molecular weight excluding hydrogens is 569 g/mol. The van der Waals surface area contributed by atoms with Gasteiger partial charge in [-0.2, -0.15) is 0 Å². The molecule has 1 N–H and O–H groups in total. The third-order valence-corrected chi connectivity index (χ3v) is 8.04. The summed E-state index contributed by atoms with van der Waals surface area (Å²) in [6, 6.07) is 19.6. The summed E-state index contributed by atoms with van der Waals surface area (Å²) < 4.78 is 26.5. The van der Waals surface area contributed by atoms with Crippen LogP contribution in [0.3, 0.4) is 0 Å². The molecule has 0 saturated heterocycles. The Hall–Kier alpha value is -2.78. The number of likely N-dealkylation sites (N-methyl/N-ethyl adjacent to an activating group) is 1. The Morgan fingerprint density at radius 1 is 0.895 bits per heavy atom. The first-order valence-corrected chi connectivity index (χ1v) is 14.8. The van der Waals surface area contributed by atoms with Gasteiger partial charge in [0.05, 0.1) is 22.0 Å². The minimum Gasteiger partial charge on any atom is -0.355 e. The molecule has 3 aromatic rings. The molecule has 0 fully saturated rings. The second kappa shape index (κ2) is 13.3. The van der Waals surface area contributed by atoms with Crippen LogP contribution in [0.2, 0.25) is 15.1 Å². The molecule has 7 nitrogen and oxygen atoms in total. The Kier molecular flexibility index (Phi) is 10.4. The molecule has 0 heterocycles. The second-order valence-corrected chi connectivity index (χ2v) is 11.7. The van der Waals surface area contributed by atoms with Crippen molar-refractivity contribution in [2.75, 3.05) is 23.7 Å². The first kappa shape index (κ1) is 29.8. The Bertz CT molecular complexity index is 1390. The van der Waals surface area contributed by atoms with Gasteiger partial charge in [0.15, 0.2) is 0 Å². The fourth-order valence-electron chi connectivity index (χ4n) is 3.91. The molecule has 38 heavy (non-hydrogen) atoms. The maximum atomic E-state index is 13.9. The predicted molar refractivity (Wildman–Crippen MR) is 153 cm³/mol. The van der Waals surface area contributed by atoms with Crippen molar-refractivity contribution in [2.45, 2.75) is 25.9 Å². The van der Waals surface area contributed by atoms with E-state index in [1.807, 2.05) is 30.3 Å². The number of carbonyl (C=O) groups is 2. The third-order valence-electron chi connectivity index (χ3n) is 5.79. The number of sulfonamides is 1. The molecule has 202 valence electrons. The zero-order valence-corrected chi connectivity index (χ0v) is 24.0. The van der Waals surface area contributed by atoms with E-state index in [2.05, 4.69) is 5.32 Å². The number of carbonyl (C=O) groups excluding carboxylic acids is 2. The first-order valence-electron chi connectivity index (χ1n) is 11.8. The zero-order valence-electron chi connectivity index (χ0n) is 20.9. The minimum absolute atomic E-state index is 0.00782. The third kappa shape index (κ3) is 7.86. The van der Waals surface area contributed by atoms with Crippen LogP contribution in [0.25, 0.3) is 0 Å². The first-order chi connectivity index (χ1) is 18.0. The summed E-state index contributed by atoms with van der Waals surface area (Å²) >= 11 is 18.6. The molecule has 0 bridgehead atoms. The molecule has 0 radical (unpaired) electrons. The molecule has 0 saturated carbocycles. The van der Waals surface area contributed by atoms with Crippen molar-refractivity contribution in [3.63, 3.8) is 0 Å². The second-order valence-electron chi connectivity index (χ2n) is 8.58. The summed E-state index contributed by atoms with van der Waals surface area (Å²) in [4.78, 5) is 28.6. The molecule has 0 aliphatic heterocycles. The van der Waals surface area contributed by atoms with E-state index in [4.69, 9.17) is 34.8 Å². The smallest absolute Gasteiger partial charge is 0.244 e. The summed E-state index contributed by atoms with van der Waals surface area (Å²) in [7, 11) is -3.91. The van der Waals surface area contributed by atoms with Crippen molar-refractivity contribution in [1.29, 1.82) is 0 Å². The van der Waals surface area contributed by atoms with Gasteiger partial charge in [-0.3, -0.25) is 13.9 Å². The zero-order chi connectivity index (χ0) is 27.9. The Morgan fingerprint density at radius 2 is 1.55 bits per heavy atom. The molecule has 0 spiro atoms. The van der Waals surface area contributed by atoms with Crippen LogP contribution in [0.5, 0.6) is 0 Å². The van der Waals surface area contributed by atoms with Gasteiger partial charge in [-0.05, 0) is 42.3 Å². The molecule has 11 heteroatoms. The number of hydrogen-bond donors (Lipinski definition) is 1. The van der Waals surface area contributed by atoms with E-state index >= 15 is 0 Å². The summed E-state index contributed by atoms with van der Waals surface area (Å²) in [6.07, 6.45) is 1.21. The van der Waals surface area contributed by atoms with Gasteiger partial charge in [-0.25, -0.2) is 8.42 Å². The van der Waals surface area contributed by atoms with Crippen LogP contribution in [0, 0.1) is 0 Å². The normalized spacial score (nSPS) is 12.0. The van der Waals surface area contributed by atoms with Gasteiger partial charge in [0.2, 0.25) is 21.8 Å². The quantitative estimate of drug-likeness (QED) is 0.330. The molecule has 0 aliphatic rings. The lowest BCUT2D eigenvalue weighted by Crippen LogP contribution is -2.53. The van der Waals surface area contributed by atoms with Crippen LogP contribution in [0.4, 0.5) is 5.69 Å². The van der Waals surface area contributed by atoms with Crippen LogP contribution in [-0.2, 0) is 32.6 Å². The Balaban J connectivity index is 2.06. The largest absolute Gasteiger partial charge is 0.355 e. The van der Waals surface area contributed by atoms with Crippen molar-refractivity contribution in [2.24, 2.45) is 0 Å². The SMILES string of the molecule is CCNC(=O)[C@@H](Cc1ccccc1)N(Cc1ccccc1Cl)C(=O)CN(c1ccc(Cl)c(Cl)c1)S(C)(=O)=O. The number of nitrogens with zero attached hydrogens (tertiary/aromatic N) is 2. The fraction of sp³-hybridized carbons (Fsp3) is 0.259. The van der Waals surface area contributed by atoms with Gasteiger partial charge >= 0.3 is 0 Å². The van der Waals surface area contributed by atoms with Gasteiger partial charge < -0.3 is 10.2 Å². The van der Waals surface area contributed by atoms with Gasteiger partial charge in [-0.15, -0.1) is 0 Å². The predicted octanol–water partition coefficient (Wildman–Crippen LogP) is 5.19. The fourth-order valence-corrected chi connectivity index (χ4v) is 5.24. The molecule has 3 aromatic carbocycles. The van der Waals surface area contributed by atoms with Crippen LogP contribution in [0.15, 0.2) is 72.8 Å². The average Bonchev–Trinajstić information content (AvgIpc) is 2.87. The minimum atomic E-state index is -3.91. The average molecular weight is 597 g/mol. The van der Waals surface area contributed by atoms with Gasteiger partial charge in [0.25, 0.3) is 0 Å². The number of hydrogen-bond acceptors (Lipinski definition) is 4. The molecule has 1 atom stereocenters. The van der Waals surface area contributed by atoms with E-state index in [0.717, 1.165) is 16.1 Å². The number of halogens is 3. The van der Waals surface area contributed by atoms with E-state index in [9.17, 15) is 18.0 Å². The number of benzene rings is 3. The standard InChI is InChI=1S/C27H28Cl3N3O4S/c1-3-31-27(35)25(15-19-9-5-4-6-10-19)32(17-20-11-7-8-12-22(20)28)26(34)18-33(38(2,36)37)21-13-14-23(29)24(30)16-21/h4-14,16,25H,3,15,17-18H2,1-2H3,(H,31,35)/t25-/m1/s1. The van der Waals surface area contributed by atoms with E-state index in [-0.39, 0.29) is 34.6 Å². The summed E-state index contributed by atoms with van der Waals surface area (Å²) in [6.45, 7) is 1.57. The van der Waals surface area contributed by atoms with Gasteiger partial charge in [0, 0.05) is 24.5 Å². The lowest BCUT2D eigenvalue weighted by atomic mass is 10.0. The van der Waals surface area contributed by atoms with Crippen molar-refractivity contribution in [1.82, 2.24) is 10.2 Å². The Labute approximate surface area is 238 Å². The highest BCUT2D eigenvalue weighted by Crippen LogP contribution is 2.29. The molecular formula is C27H28Cl3N3O4S. The number of nitrogens with one attached hydrogen (secondary N) is 1. The summed E-state index contributed by atoms with van der Waals surface area (Å²) in [5.74, 6) is -0.953. The summed E-state index contributed by atoms with van der Waals surface area (Å²) in [5.41, 5.74) is 1.63. The van der Waals surface area contributed by atoms with Crippen molar-refractivity contribution in [3.8, 4) is 0 Å². The van der Waals surface area contributed by atoms with Gasteiger partial charge in [-0.1, -0.05) is 83.3 Å². The number of amides is 2. The van der Waals surface area contributed by atoms with E-state index in [1.165, 1.54) is 23.1 Å². The molecule has 0 aliphatic carbocycles. The Morgan fingerprint density at radius 3 is 2.16 bits per heavy atom. The van der Waals surface area contributed by atoms with Crippen LogP contribution < -0.4 is 9.62 Å². The summed E-state index contributed by atoms with van der Waals surface area (Å²) in [5, 5.41) is 3.61. The lowest BCUT2D eigenvalue weighted by Gasteiger charge is -2.33. The molecule has 3 rings (SSSR count). The highest BCUT2D eigenvalue weighted by Gasteiger charge is 2.33. The maximum absolute atomic E-state index is 13.9. The van der Waals surface area contributed by atoms with Crippen molar-refractivity contribution >= 4 is 62.3 Å². The lowest BCUT2D eigenvalue weighted by molar-refractivity contribution is -0.140. The maximum Gasteiger partial charge on any atom is 0.244 e. The van der Waals surface area contributed by atoms with Crippen molar-refractivity contribution in [3.05, 3.63) is 99.0 Å².